The molecule has 1 aliphatic rings. The fourth-order valence-electron chi connectivity index (χ4n) is 4.89. The lowest BCUT2D eigenvalue weighted by Gasteiger charge is -2.32. The first-order valence-corrected chi connectivity index (χ1v) is 12.9. The largest absolute Gasteiger partial charge is 0.490 e. The second kappa shape index (κ2) is 11.0. The van der Waals surface area contributed by atoms with Crippen molar-refractivity contribution < 1.29 is 13.9 Å². The molecule has 1 amide bonds. The quantitative estimate of drug-likeness (QED) is 0.480. The maximum atomic E-state index is 15.5. The van der Waals surface area contributed by atoms with Gasteiger partial charge in [0.25, 0.3) is 5.91 Å². The summed E-state index contributed by atoms with van der Waals surface area (Å²) < 4.78 is 23.6. The summed E-state index contributed by atoms with van der Waals surface area (Å²) in [5, 5.41) is 2.93. The van der Waals surface area contributed by atoms with Crippen molar-refractivity contribution in [1.29, 1.82) is 0 Å². The highest BCUT2D eigenvalue weighted by atomic mass is 19.1. The smallest absolute Gasteiger partial charge is 0.258 e. The summed E-state index contributed by atoms with van der Waals surface area (Å²) in [6.45, 7) is 14.3. The van der Waals surface area contributed by atoms with Gasteiger partial charge in [0.15, 0.2) is 0 Å². The van der Waals surface area contributed by atoms with Crippen LogP contribution in [-0.2, 0) is 0 Å². The molecule has 37 heavy (non-hydrogen) atoms. The van der Waals surface area contributed by atoms with Crippen LogP contribution in [0.4, 0.5) is 10.2 Å². The number of nitrogens with zero attached hydrogens (tertiary/aromatic N) is 5. The maximum Gasteiger partial charge on any atom is 0.258 e. The Morgan fingerprint density at radius 2 is 1.92 bits per heavy atom. The second-order valence-electron chi connectivity index (χ2n) is 10.2. The topological polar surface area (TPSA) is 101 Å². The van der Waals surface area contributed by atoms with Crippen LogP contribution in [0.1, 0.15) is 59.7 Å². The summed E-state index contributed by atoms with van der Waals surface area (Å²) in [7, 11) is 2.11. The first-order valence-electron chi connectivity index (χ1n) is 12.9. The molecule has 1 aromatic carbocycles. The Labute approximate surface area is 217 Å². The van der Waals surface area contributed by atoms with Crippen LogP contribution in [0, 0.1) is 19.7 Å². The summed E-state index contributed by atoms with van der Waals surface area (Å²) in [5.41, 5.74) is 8.60. The molecule has 3 heterocycles. The van der Waals surface area contributed by atoms with E-state index in [9.17, 15) is 4.79 Å². The highest BCUT2D eigenvalue weighted by Gasteiger charge is 2.29. The molecule has 2 aromatic heterocycles. The van der Waals surface area contributed by atoms with Crippen LogP contribution in [0.3, 0.4) is 0 Å². The minimum absolute atomic E-state index is 0.0623. The molecule has 3 aromatic rings. The first kappa shape index (κ1) is 26.8. The van der Waals surface area contributed by atoms with Crippen LogP contribution in [0.5, 0.6) is 5.75 Å². The normalized spacial score (nSPS) is 15.9. The number of halogens is 1. The average molecular weight is 512 g/mol. The van der Waals surface area contributed by atoms with E-state index in [0.29, 0.717) is 35.9 Å². The van der Waals surface area contributed by atoms with Gasteiger partial charge in [-0.3, -0.25) is 14.1 Å². The molecule has 1 fully saturated rings. The predicted molar refractivity (Wildman–Crippen MR) is 143 cm³/mol. The Hall–Kier alpha value is -3.24. The lowest BCUT2D eigenvalue weighted by Crippen LogP contribution is -2.47. The predicted octanol–water partition coefficient (Wildman–Crippen LogP) is 2.98. The summed E-state index contributed by atoms with van der Waals surface area (Å²) in [4.78, 5) is 26.9. The van der Waals surface area contributed by atoms with E-state index in [2.05, 4.69) is 27.1 Å². The van der Waals surface area contributed by atoms with Crippen molar-refractivity contribution in [2.75, 3.05) is 52.0 Å². The lowest BCUT2D eigenvalue weighted by atomic mass is 9.93. The van der Waals surface area contributed by atoms with Crippen LogP contribution >= 0.6 is 0 Å². The van der Waals surface area contributed by atoms with Gasteiger partial charge in [-0.25, -0.2) is 14.4 Å². The molecule has 1 aliphatic heterocycles. The molecule has 200 valence electrons. The van der Waals surface area contributed by atoms with Gasteiger partial charge in [-0.05, 0) is 46.4 Å². The van der Waals surface area contributed by atoms with Gasteiger partial charge in [-0.2, -0.15) is 0 Å². The van der Waals surface area contributed by atoms with Crippen LogP contribution in [0.2, 0.25) is 0 Å². The number of hydrogen-bond donors (Lipinski definition) is 2. The number of aromatic nitrogens is 3. The van der Waals surface area contributed by atoms with E-state index < -0.39 is 11.7 Å². The number of amides is 1. The molecule has 3 N–H and O–H groups in total. The fourth-order valence-corrected chi connectivity index (χ4v) is 4.89. The van der Waals surface area contributed by atoms with E-state index >= 15 is 4.39 Å². The SMILES string of the molecule is Cc1cc([C@H](C)c2nc(C)c3c(N)nccn23)c(OC(C)C)c(C(=O)NCCN2CCN(C)CC2)c1F. The Kier molecular flexibility index (Phi) is 7.99. The number of hydrogen-bond acceptors (Lipinski definition) is 7. The summed E-state index contributed by atoms with van der Waals surface area (Å²) in [5.74, 6) is -0.00616. The van der Waals surface area contributed by atoms with E-state index in [0.717, 1.165) is 37.4 Å². The monoisotopic (exact) mass is 511 g/mol. The standard InChI is InChI=1S/C27H38FN7O2/c1-16(2)37-24-20(18(4)26-32-19(5)23-25(29)30-8-10-35(23)26)15-17(3)22(28)21(24)27(36)31-7-9-34-13-11-33(6)12-14-34/h8,10,15-16,18H,7,9,11-14H2,1-6H3,(H2,29,30)(H,31,36)/t18-/m0/s1. The van der Waals surface area contributed by atoms with Crippen LogP contribution in [0.15, 0.2) is 18.5 Å². The molecule has 0 saturated carbocycles. The Morgan fingerprint density at radius 1 is 1.22 bits per heavy atom. The van der Waals surface area contributed by atoms with Gasteiger partial charge in [-0.15, -0.1) is 0 Å². The van der Waals surface area contributed by atoms with Gasteiger partial charge < -0.3 is 20.7 Å². The number of piperazine rings is 1. The van der Waals surface area contributed by atoms with Gasteiger partial charge in [0.1, 0.15) is 34.3 Å². The number of benzene rings is 1. The van der Waals surface area contributed by atoms with Crippen molar-refractivity contribution in [3.8, 4) is 5.75 Å². The van der Waals surface area contributed by atoms with Crippen molar-refractivity contribution in [1.82, 2.24) is 29.5 Å². The average Bonchev–Trinajstić information content (AvgIpc) is 3.19. The Bertz CT molecular complexity index is 1280. The van der Waals surface area contributed by atoms with Crippen LogP contribution in [-0.4, -0.2) is 82.5 Å². The zero-order valence-electron chi connectivity index (χ0n) is 22.6. The number of nitrogens with two attached hydrogens (primary N) is 1. The second-order valence-corrected chi connectivity index (χ2v) is 10.2. The van der Waals surface area contributed by atoms with Crippen LogP contribution < -0.4 is 15.8 Å². The van der Waals surface area contributed by atoms with E-state index in [1.165, 1.54) is 0 Å². The molecular weight excluding hydrogens is 473 g/mol. The highest BCUT2D eigenvalue weighted by molar-refractivity contribution is 5.98. The van der Waals surface area contributed by atoms with Gasteiger partial charge in [0.05, 0.1) is 11.8 Å². The molecule has 1 atom stereocenters. The van der Waals surface area contributed by atoms with Crippen molar-refractivity contribution in [2.45, 2.75) is 46.6 Å². The third-order valence-corrected chi connectivity index (χ3v) is 6.96. The summed E-state index contributed by atoms with van der Waals surface area (Å²) >= 11 is 0. The van der Waals surface area contributed by atoms with Crippen molar-refractivity contribution >= 4 is 17.2 Å². The summed E-state index contributed by atoms with van der Waals surface area (Å²) in [6.07, 6.45) is 3.17. The number of nitrogens with one attached hydrogen (secondary N) is 1. The molecular formula is C27H38FN7O2. The number of aryl methyl sites for hydroxylation is 2. The van der Waals surface area contributed by atoms with Gasteiger partial charge in [-0.1, -0.05) is 6.92 Å². The molecule has 10 heteroatoms. The van der Waals surface area contributed by atoms with Gasteiger partial charge in [0, 0.05) is 63.1 Å². The molecule has 0 radical (unpaired) electrons. The molecule has 1 saturated heterocycles. The number of carbonyl (C=O) groups excluding carboxylic acids is 1. The van der Waals surface area contributed by atoms with Crippen molar-refractivity contribution in [3.05, 3.63) is 52.5 Å². The number of likely N-dealkylation sites (N-methyl/N-ethyl adjacent to an activating group) is 1. The molecule has 0 aliphatic carbocycles. The van der Waals surface area contributed by atoms with Gasteiger partial charge in [0.2, 0.25) is 0 Å². The number of fused-ring (bicyclic) bond motifs is 1. The number of ether oxygens (including phenoxy) is 1. The zero-order chi connectivity index (χ0) is 26.9. The molecule has 9 nitrogen and oxygen atoms in total. The minimum Gasteiger partial charge on any atom is -0.490 e. The molecule has 4 rings (SSSR count). The molecule has 0 bridgehead atoms. The Balaban J connectivity index is 1.68. The number of anilines is 1. The van der Waals surface area contributed by atoms with Crippen molar-refractivity contribution in [3.63, 3.8) is 0 Å². The molecule has 0 spiro atoms. The third kappa shape index (κ3) is 5.55. The minimum atomic E-state index is -0.568. The summed E-state index contributed by atoms with van der Waals surface area (Å²) in [6, 6.07) is 1.75. The number of imidazole rings is 1. The van der Waals surface area contributed by atoms with E-state index in [1.807, 2.05) is 38.3 Å². The number of rotatable bonds is 8. The molecule has 0 unspecified atom stereocenters. The zero-order valence-corrected chi connectivity index (χ0v) is 22.6. The maximum absolute atomic E-state index is 15.5. The lowest BCUT2D eigenvalue weighted by molar-refractivity contribution is 0.0930. The van der Waals surface area contributed by atoms with Gasteiger partial charge >= 0.3 is 0 Å². The fraction of sp³-hybridized carbons (Fsp3) is 0.519. The van der Waals surface area contributed by atoms with E-state index in [-0.39, 0.29) is 23.3 Å². The highest BCUT2D eigenvalue weighted by Crippen LogP contribution is 2.38. The van der Waals surface area contributed by atoms with Crippen molar-refractivity contribution in [2.24, 2.45) is 0 Å². The third-order valence-electron chi connectivity index (χ3n) is 6.96. The first-order chi connectivity index (χ1) is 17.6. The number of carbonyl (C=O) groups is 1. The number of nitrogen functional groups attached to an aromatic ring is 1. The van der Waals surface area contributed by atoms with E-state index in [4.69, 9.17) is 15.5 Å². The van der Waals surface area contributed by atoms with Crippen LogP contribution in [0.25, 0.3) is 5.52 Å². The van der Waals surface area contributed by atoms with E-state index in [1.54, 1.807) is 19.2 Å². The Morgan fingerprint density at radius 3 is 2.59 bits per heavy atom.